The van der Waals surface area contributed by atoms with Gasteiger partial charge in [-0.2, -0.15) is 5.26 Å². The fourth-order valence-electron chi connectivity index (χ4n) is 1.97. The van der Waals surface area contributed by atoms with Gasteiger partial charge in [0.15, 0.2) is 0 Å². The highest BCUT2D eigenvalue weighted by molar-refractivity contribution is 6.33. The Kier molecular flexibility index (Phi) is 4.15. The highest BCUT2D eigenvalue weighted by atomic mass is 35.5. The number of pyridine rings is 1. The van der Waals surface area contributed by atoms with Crippen molar-refractivity contribution in [3.63, 3.8) is 0 Å². The van der Waals surface area contributed by atoms with E-state index in [1.54, 1.807) is 6.07 Å². The summed E-state index contributed by atoms with van der Waals surface area (Å²) in [4.78, 5) is 14.2. The van der Waals surface area contributed by atoms with Gasteiger partial charge >= 0.3 is 6.36 Å². The molecule has 1 N–H and O–H groups in total. The van der Waals surface area contributed by atoms with E-state index in [0.29, 0.717) is 5.69 Å². The van der Waals surface area contributed by atoms with E-state index in [1.165, 1.54) is 25.1 Å². The van der Waals surface area contributed by atoms with Gasteiger partial charge in [-0.15, -0.1) is 13.2 Å². The van der Waals surface area contributed by atoms with Crippen LogP contribution in [0, 0.1) is 18.3 Å². The number of H-pyrrole nitrogens is 1. The van der Waals surface area contributed by atoms with E-state index < -0.39 is 17.7 Å². The lowest BCUT2D eigenvalue weighted by molar-refractivity contribution is -0.274. The summed E-state index contributed by atoms with van der Waals surface area (Å²) in [6, 6.07) is 6.72. The van der Waals surface area contributed by atoms with Crippen LogP contribution in [-0.4, -0.2) is 11.3 Å². The Labute approximate surface area is 127 Å². The normalized spacial score (nSPS) is 11.1. The second kappa shape index (κ2) is 5.73. The molecule has 0 aliphatic carbocycles. The van der Waals surface area contributed by atoms with Gasteiger partial charge in [-0.25, -0.2) is 0 Å². The Morgan fingerprint density at radius 1 is 1.36 bits per heavy atom. The lowest BCUT2D eigenvalue weighted by atomic mass is 10.00. The molecule has 0 saturated heterocycles. The van der Waals surface area contributed by atoms with Gasteiger partial charge < -0.3 is 9.72 Å². The first-order valence-corrected chi connectivity index (χ1v) is 6.29. The molecule has 2 aromatic rings. The number of aromatic amines is 1. The zero-order valence-corrected chi connectivity index (χ0v) is 11.8. The number of nitriles is 1. The van der Waals surface area contributed by atoms with E-state index in [1.807, 2.05) is 0 Å². The Bertz CT molecular complexity index is 822. The molecule has 1 aromatic carbocycles. The van der Waals surface area contributed by atoms with Crippen molar-refractivity contribution < 1.29 is 17.9 Å². The number of aryl methyl sites for hydroxylation is 1. The fourth-order valence-corrected chi connectivity index (χ4v) is 2.24. The molecular formula is C14H8ClF3N2O2. The molecule has 0 unspecified atom stereocenters. The number of nitrogens with zero attached hydrogens (tertiary/aromatic N) is 1. The predicted octanol–water partition coefficient (Wildman–Crippen LogP) is 3.77. The summed E-state index contributed by atoms with van der Waals surface area (Å²) in [7, 11) is 0. The summed E-state index contributed by atoms with van der Waals surface area (Å²) < 4.78 is 41.5. The van der Waals surface area contributed by atoms with Crippen LogP contribution in [-0.2, 0) is 0 Å². The van der Waals surface area contributed by atoms with Crippen molar-refractivity contribution in [1.29, 1.82) is 5.26 Å². The summed E-state index contributed by atoms with van der Waals surface area (Å²) in [5.74, 6) is -0.582. The fraction of sp³-hybridized carbons (Fsp3) is 0.143. The van der Waals surface area contributed by atoms with Crippen molar-refractivity contribution in [3.8, 4) is 22.9 Å². The molecule has 8 heteroatoms. The summed E-state index contributed by atoms with van der Waals surface area (Å²) in [6.45, 7) is 1.53. The van der Waals surface area contributed by atoms with Crippen molar-refractivity contribution in [2.75, 3.05) is 0 Å². The number of benzene rings is 1. The van der Waals surface area contributed by atoms with E-state index in [0.717, 1.165) is 6.07 Å². The number of hydrogen-bond donors (Lipinski definition) is 1. The van der Waals surface area contributed by atoms with Crippen LogP contribution in [0.15, 0.2) is 29.1 Å². The second-order valence-corrected chi connectivity index (χ2v) is 4.75. The molecule has 2 rings (SSSR count). The van der Waals surface area contributed by atoms with Crippen LogP contribution in [0.4, 0.5) is 13.2 Å². The van der Waals surface area contributed by atoms with Crippen LogP contribution >= 0.6 is 11.6 Å². The SMILES string of the molecule is Cc1cc(-c2c(Cl)cccc2OC(F)(F)F)c(C#N)c(=O)[nH]1. The molecule has 0 amide bonds. The summed E-state index contributed by atoms with van der Waals surface area (Å²) in [5, 5.41) is 9.02. The van der Waals surface area contributed by atoms with Gasteiger partial charge in [-0.05, 0) is 25.1 Å². The first-order chi connectivity index (χ1) is 10.2. The van der Waals surface area contributed by atoms with E-state index in [9.17, 15) is 18.0 Å². The average molecular weight is 329 g/mol. The quantitative estimate of drug-likeness (QED) is 0.912. The van der Waals surface area contributed by atoms with Crippen LogP contribution in [0.25, 0.3) is 11.1 Å². The molecule has 0 saturated carbocycles. The van der Waals surface area contributed by atoms with Crippen LogP contribution < -0.4 is 10.3 Å². The second-order valence-electron chi connectivity index (χ2n) is 4.34. The van der Waals surface area contributed by atoms with Crippen molar-refractivity contribution in [2.24, 2.45) is 0 Å². The monoisotopic (exact) mass is 328 g/mol. The molecule has 22 heavy (non-hydrogen) atoms. The smallest absolute Gasteiger partial charge is 0.405 e. The number of ether oxygens (including phenoxy) is 1. The maximum Gasteiger partial charge on any atom is 0.573 e. The zero-order valence-electron chi connectivity index (χ0n) is 11.1. The largest absolute Gasteiger partial charge is 0.573 e. The highest BCUT2D eigenvalue weighted by Gasteiger charge is 2.33. The number of aromatic nitrogens is 1. The third-order valence-corrected chi connectivity index (χ3v) is 3.07. The van der Waals surface area contributed by atoms with Crippen LogP contribution in [0.2, 0.25) is 5.02 Å². The number of alkyl halides is 3. The van der Waals surface area contributed by atoms with Gasteiger partial charge in [0.2, 0.25) is 0 Å². The average Bonchev–Trinajstić information content (AvgIpc) is 2.36. The third-order valence-electron chi connectivity index (χ3n) is 2.75. The van der Waals surface area contributed by atoms with Crippen molar-refractivity contribution in [2.45, 2.75) is 13.3 Å². The van der Waals surface area contributed by atoms with Crippen molar-refractivity contribution in [1.82, 2.24) is 4.98 Å². The van der Waals surface area contributed by atoms with Gasteiger partial charge in [0, 0.05) is 16.8 Å². The van der Waals surface area contributed by atoms with Crippen LogP contribution in [0.1, 0.15) is 11.3 Å². The molecule has 1 heterocycles. The Balaban J connectivity index is 2.79. The molecule has 0 fully saturated rings. The minimum absolute atomic E-state index is 0.0198. The summed E-state index contributed by atoms with van der Waals surface area (Å²) in [5.41, 5.74) is -0.862. The Hall–Kier alpha value is -2.46. The Morgan fingerprint density at radius 3 is 2.64 bits per heavy atom. The molecule has 0 bridgehead atoms. The first-order valence-electron chi connectivity index (χ1n) is 5.91. The first kappa shape index (κ1) is 15.9. The summed E-state index contributed by atoms with van der Waals surface area (Å²) in [6.07, 6.45) is -4.93. The lowest BCUT2D eigenvalue weighted by Crippen LogP contribution is -2.18. The predicted molar refractivity (Wildman–Crippen MR) is 73.6 cm³/mol. The van der Waals surface area contributed by atoms with Crippen LogP contribution in [0.3, 0.4) is 0 Å². The molecule has 0 spiro atoms. The van der Waals surface area contributed by atoms with E-state index in [4.69, 9.17) is 16.9 Å². The van der Waals surface area contributed by atoms with E-state index in [2.05, 4.69) is 9.72 Å². The molecule has 0 radical (unpaired) electrons. The zero-order chi connectivity index (χ0) is 16.5. The van der Waals surface area contributed by atoms with Crippen molar-refractivity contribution >= 4 is 11.6 Å². The minimum atomic E-state index is -4.93. The number of halogens is 4. The number of nitrogens with one attached hydrogen (secondary N) is 1. The van der Waals surface area contributed by atoms with E-state index in [-0.39, 0.29) is 21.7 Å². The van der Waals surface area contributed by atoms with Gasteiger partial charge in [0.05, 0.1) is 5.02 Å². The molecular weight excluding hydrogens is 321 g/mol. The highest BCUT2D eigenvalue weighted by Crippen LogP contribution is 2.39. The number of hydrogen-bond acceptors (Lipinski definition) is 3. The van der Waals surface area contributed by atoms with Crippen molar-refractivity contribution in [3.05, 3.63) is 50.9 Å². The minimum Gasteiger partial charge on any atom is -0.405 e. The standard InChI is InChI=1S/C14H8ClF3N2O2/c1-7-5-8(9(6-19)13(21)20-7)12-10(15)3-2-4-11(12)22-14(16,17)18/h2-5H,1H3,(H,20,21). The molecule has 0 aliphatic rings. The Morgan fingerprint density at radius 2 is 2.05 bits per heavy atom. The molecule has 0 aliphatic heterocycles. The molecule has 114 valence electrons. The topological polar surface area (TPSA) is 65.9 Å². The van der Waals surface area contributed by atoms with Gasteiger partial charge in [-0.3, -0.25) is 4.79 Å². The molecule has 4 nitrogen and oxygen atoms in total. The molecule has 0 atom stereocenters. The van der Waals surface area contributed by atoms with E-state index >= 15 is 0 Å². The van der Waals surface area contributed by atoms with Gasteiger partial charge in [0.1, 0.15) is 17.4 Å². The number of rotatable bonds is 2. The van der Waals surface area contributed by atoms with Gasteiger partial charge in [0.25, 0.3) is 5.56 Å². The maximum absolute atomic E-state index is 12.5. The molecule has 1 aromatic heterocycles. The maximum atomic E-state index is 12.5. The summed E-state index contributed by atoms with van der Waals surface area (Å²) >= 11 is 5.96. The van der Waals surface area contributed by atoms with Gasteiger partial charge in [-0.1, -0.05) is 17.7 Å². The third kappa shape index (κ3) is 3.23. The lowest BCUT2D eigenvalue weighted by Gasteiger charge is -2.15. The van der Waals surface area contributed by atoms with Crippen LogP contribution in [0.5, 0.6) is 5.75 Å².